The Balaban J connectivity index is 1.44. The van der Waals surface area contributed by atoms with Crippen LogP contribution in [-0.2, 0) is 6.54 Å². The van der Waals surface area contributed by atoms with Gasteiger partial charge in [-0.2, -0.15) is 9.61 Å². The number of hydrogen-bond acceptors (Lipinski definition) is 6. The first-order valence-corrected chi connectivity index (χ1v) is 10.3. The molecule has 146 valence electrons. The van der Waals surface area contributed by atoms with Gasteiger partial charge in [0.2, 0.25) is 4.96 Å². The van der Waals surface area contributed by atoms with Crippen molar-refractivity contribution >= 4 is 33.8 Å². The highest BCUT2D eigenvalue weighted by atomic mass is 35.5. The number of carbonyl (C=O) groups is 1. The van der Waals surface area contributed by atoms with Crippen molar-refractivity contribution in [1.29, 1.82) is 0 Å². The molecule has 0 aliphatic carbocycles. The molecule has 0 saturated carbocycles. The van der Waals surface area contributed by atoms with Crippen LogP contribution >= 0.6 is 22.9 Å². The van der Waals surface area contributed by atoms with Crippen molar-refractivity contribution in [2.75, 3.05) is 26.2 Å². The largest absolute Gasteiger partial charge is 0.337 e. The molecule has 9 heteroatoms. The van der Waals surface area contributed by atoms with Crippen molar-refractivity contribution in [2.24, 2.45) is 0 Å². The van der Waals surface area contributed by atoms with Crippen molar-refractivity contribution in [3.8, 4) is 0 Å². The molecule has 0 spiro atoms. The lowest BCUT2D eigenvalue weighted by Gasteiger charge is -2.22. The Morgan fingerprint density at radius 3 is 2.89 bits per heavy atom. The molecule has 4 rings (SSSR count). The molecule has 0 radical (unpaired) electrons. The Morgan fingerprint density at radius 1 is 1.21 bits per heavy atom. The van der Waals surface area contributed by atoms with Crippen LogP contribution in [0.1, 0.15) is 27.5 Å². The number of amides is 1. The number of hydrogen-bond donors (Lipinski definition) is 0. The maximum atomic E-state index is 12.7. The van der Waals surface area contributed by atoms with Gasteiger partial charge in [-0.05, 0) is 31.5 Å². The molecule has 3 aromatic rings. The van der Waals surface area contributed by atoms with Gasteiger partial charge in [0, 0.05) is 49.4 Å². The van der Waals surface area contributed by atoms with Crippen molar-refractivity contribution in [1.82, 2.24) is 24.4 Å². The summed E-state index contributed by atoms with van der Waals surface area (Å²) in [6, 6.07) is 8.60. The molecule has 1 amide bonds. The van der Waals surface area contributed by atoms with Gasteiger partial charge in [0.25, 0.3) is 11.5 Å². The standard InChI is InChI=1S/C19H20ClN5O2S/c1-13-22-25-17(26)11-16(21-19(25)28-13)12-23-6-3-7-24(9-8-23)18(27)14-4-2-5-15(20)10-14/h2,4-5,10-11H,3,6-9,12H2,1H3. The summed E-state index contributed by atoms with van der Waals surface area (Å²) in [6.07, 6.45) is 0.868. The summed E-state index contributed by atoms with van der Waals surface area (Å²) in [5.74, 6) is 0.00211. The first-order valence-electron chi connectivity index (χ1n) is 9.13. The van der Waals surface area contributed by atoms with Gasteiger partial charge < -0.3 is 4.90 Å². The van der Waals surface area contributed by atoms with E-state index in [0.717, 1.165) is 30.2 Å². The van der Waals surface area contributed by atoms with Crippen LogP contribution in [0.2, 0.25) is 5.02 Å². The van der Waals surface area contributed by atoms with E-state index in [1.54, 1.807) is 30.3 Å². The Morgan fingerprint density at radius 2 is 2.07 bits per heavy atom. The first-order chi connectivity index (χ1) is 13.5. The van der Waals surface area contributed by atoms with Crippen LogP contribution in [0.15, 0.2) is 35.1 Å². The summed E-state index contributed by atoms with van der Waals surface area (Å²) in [5, 5.41) is 5.55. The molecule has 0 bridgehead atoms. The molecule has 2 aromatic heterocycles. The van der Waals surface area contributed by atoms with E-state index in [1.165, 1.54) is 15.9 Å². The van der Waals surface area contributed by atoms with E-state index in [9.17, 15) is 9.59 Å². The van der Waals surface area contributed by atoms with E-state index in [1.807, 2.05) is 11.8 Å². The van der Waals surface area contributed by atoms with E-state index >= 15 is 0 Å². The third-order valence-corrected chi connectivity index (χ3v) is 5.79. The predicted octanol–water partition coefficient (Wildman–Crippen LogP) is 2.46. The lowest BCUT2D eigenvalue weighted by molar-refractivity contribution is 0.0761. The Kier molecular flexibility index (Phi) is 5.43. The summed E-state index contributed by atoms with van der Waals surface area (Å²) in [4.78, 5) is 34.3. The van der Waals surface area contributed by atoms with Crippen LogP contribution < -0.4 is 5.56 Å². The number of rotatable bonds is 3. The molecular formula is C19H20ClN5O2S. The van der Waals surface area contributed by atoms with Gasteiger partial charge in [-0.25, -0.2) is 4.98 Å². The molecule has 1 aliphatic heterocycles. The van der Waals surface area contributed by atoms with Crippen molar-refractivity contribution in [2.45, 2.75) is 19.9 Å². The highest BCUT2D eigenvalue weighted by molar-refractivity contribution is 7.16. The van der Waals surface area contributed by atoms with E-state index in [2.05, 4.69) is 15.0 Å². The van der Waals surface area contributed by atoms with Gasteiger partial charge in [-0.1, -0.05) is 29.0 Å². The lowest BCUT2D eigenvalue weighted by atomic mass is 10.2. The molecule has 1 saturated heterocycles. The maximum absolute atomic E-state index is 12.7. The van der Waals surface area contributed by atoms with Crippen LogP contribution in [0.4, 0.5) is 0 Å². The Hall–Kier alpha value is -2.29. The normalized spacial score (nSPS) is 15.7. The van der Waals surface area contributed by atoms with Crippen molar-refractivity contribution < 1.29 is 4.79 Å². The van der Waals surface area contributed by atoms with Gasteiger partial charge >= 0.3 is 0 Å². The highest BCUT2D eigenvalue weighted by Gasteiger charge is 2.21. The molecule has 0 N–H and O–H groups in total. The monoisotopic (exact) mass is 417 g/mol. The van der Waals surface area contributed by atoms with Crippen LogP contribution in [0.5, 0.6) is 0 Å². The van der Waals surface area contributed by atoms with E-state index in [4.69, 9.17) is 11.6 Å². The second kappa shape index (κ2) is 7.98. The zero-order valence-corrected chi connectivity index (χ0v) is 17.0. The lowest BCUT2D eigenvalue weighted by Crippen LogP contribution is -2.35. The van der Waals surface area contributed by atoms with Gasteiger partial charge in [-0.15, -0.1) is 0 Å². The minimum absolute atomic E-state index is 0.00211. The number of aryl methyl sites for hydroxylation is 1. The fraction of sp³-hybridized carbons (Fsp3) is 0.368. The second-order valence-electron chi connectivity index (χ2n) is 6.83. The van der Waals surface area contributed by atoms with Crippen molar-refractivity contribution in [3.05, 3.63) is 62.0 Å². The first kappa shape index (κ1) is 19.0. The number of carbonyl (C=O) groups excluding carboxylic acids is 1. The summed E-state index contributed by atoms with van der Waals surface area (Å²) in [6.45, 7) is 5.36. The molecule has 1 aliphatic rings. The SMILES string of the molecule is Cc1nn2c(=O)cc(CN3CCCN(C(=O)c4cccc(Cl)c4)CC3)nc2s1. The number of nitrogens with zero attached hydrogens (tertiary/aromatic N) is 5. The molecule has 7 nitrogen and oxygen atoms in total. The minimum atomic E-state index is -0.156. The smallest absolute Gasteiger partial charge is 0.275 e. The molecule has 1 fully saturated rings. The topological polar surface area (TPSA) is 70.8 Å². The number of halogens is 1. The highest BCUT2D eigenvalue weighted by Crippen LogP contribution is 2.15. The van der Waals surface area contributed by atoms with Crippen molar-refractivity contribution in [3.63, 3.8) is 0 Å². The third kappa shape index (κ3) is 4.09. The summed E-state index contributed by atoms with van der Waals surface area (Å²) < 4.78 is 1.34. The average Bonchev–Trinajstić information content (AvgIpc) is 2.89. The number of fused-ring (bicyclic) bond motifs is 1. The zero-order chi connectivity index (χ0) is 19.7. The van der Waals surface area contributed by atoms with Gasteiger partial charge in [0.05, 0.1) is 5.69 Å². The zero-order valence-electron chi connectivity index (χ0n) is 15.5. The summed E-state index contributed by atoms with van der Waals surface area (Å²) in [5.41, 5.74) is 1.20. The average molecular weight is 418 g/mol. The molecule has 3 heterocycles. The quantitative estimate of drug-likeness (QED) is 0.654. The molecular weight excluding hydrogens is 398 g/mol. The molecule has 0 unspecified atom stereocenters. The van der Waals surface area contributed by atoms with E-state index in [-0.39, 0.29) is 11.5 Å². The molecule has 0 atom stereocenters. The van der Waals surface area contributed by atoms with E-state index in [0.29, 0.717) is 35.2 Å². The van der Waals surface area contributed by atoms with Gasteiger partial charge in [0.15, 0.2) is 0 Å². The van der Waals surface area contributed by atoms with E-state index < -0.39 is 0 Å². The predicted molar refractivity (Wildman–Crippen MR) is 109 cm³/mol. The summed E-state index contributed by atoms with van der Waals surface area (Å²) >= 11 is 7.42. The van der Waals surface area contributed by atoms with Gasteiger partial charge in [-0.3, -0.25) is 14.5 Å². The fourth-order valence-corrected chi connectivity index (χ4v) is 4.36. The van der Waals surface area contributed by atoms with Gasteiger partial charge in [0.1, 0.15) is 5.01 Å². The second-order valence-corrected chi connectivity index (χ2v) is 8.43. The number of aromatic nitrogens is 3. The summed E-state index contributed by atoms with van der Waals surface area (Å²) in [7, 11) is 0. The van der Waals surface area contributed by atoms with Crippen LogP contribution in [0.25, 0.3) is 4.96 Å². The number of benzene rings is 1. The van der Waals surface area contributed by atoms with Crippen LogP contribution in [-0.4, -0.2) is 56.5 Å². The Labute approximate surface area is 171 Å². The third-order valence-electron chi connectivity index (χ3n) is 4.73. The Bertz CT molecular complexity index is 1080. The minimum Gasteiger partial charge on any atom is -0.337 e. The van der Waals surface area contributed by atoms with Crippen LogP contribution in [0.3, 0.4) is 0 Å². The maximum Gasteiger partial charge on any atom is 0.275 e. The van der Waals surface area contributed by atoms with Crippen LogP contribution in [0, 0.1) is 6.92 Å². The molecule has 28 heavy (non-hydrogen) atoms. The fourth-order valence-electron chi connectivity index (χ4n) is 3.40. The molecule has 1 aromatic carbocycles.